The maximum atomic E-state index is 12.0. The molecular weight excluding hydrogens is 304 g/mol. The third kappa shape index (κ3) is 3.32. The van der Waals surface area contributed by atoms with Crippen molar-refractivity contribution < 1.29 is 23.0 Å². The SMILES string of the molecule is Cc1noc(CNS(=O)(=O)c2ccc(O)c([N+](=O)[O-])c2)n1. The van der Waals surface area contributed by atoms with Crippen LogP contribution in [0.4, 0.5) is 5.69 Å². The molecule has 0 unspecified atom stereocenters. The van der Waals surface area contributed by atoms with Crippen LogP contribution in [0.1, 0.15) is 11.7 Å². The lowest BCUT2D eigenvalue weighted by Gasteiger charge is -2.05. The van der Waals surface area contributed by atoms with Crippen LogP contribution in [0.5, 0.6) is 5.75 Å². The smallest absolute Gasteiger partial charge is 0.312 e. The van der Waals surface area contributed by atoms with Crippen LogP contribution in [0.3, 0.4) is 0 Å². The maximum Gasteiger partial charge on any atom is 0.312 e. The minimum atomic E-state index is -4.02. The summed E-state index contributed by atoms with van der Waals surface area (Å²) >= 11 is 0. The first-order valence-corrected chi connectivity index (χ1v) is 7.04. The van der Waals surface area contributed by atoms with Gasteiger partial charge in [-0.05, 0) is 19.1 Å². The average Bonchev–Trinajstić information content (AvgIpc) is 2.82. The molecule has 2 N–H and O–H groups in total. The summed E-state index contributed by atoms with van der Waals surface area (Å²) in [4.78, 5) is 13.3. The van der Waals surface area contributed by atoms with E-state index >= 15 is 0 Å². The molecule has 0 aliphatic heterocycles. The van der Waals surface area contributed by atoms with Gasteiger partial charge in [0.1, 0.15) is 0 Å². The van der Waals surface area contributed by atoms with Crippen LogP contribution < -0.4 is 4.72 Å². The summed E-state index contributed by atoms with van der Waals surface area (Å²) < 4.78 is 30.9. The fraction of sp³-hybridized carbons (Fsp3) is 0.200. The summed E-state index contributed by atoms with van der Waals surface area (Å²) in [6, 6.07) is 2.74. The standard InChI is InChI=1S/C10H10N4O6S/c1-6-12-10(20-13-6)5-11-21(18,19)7-2-3-9(15)8(4-7)14(16)17/h2-4,11,15H,5H2,1H3. The van der Waals surface area contributed by atoms with E-state index in [2.05, 4.69) is 14.9 Å². The summed E-state index contributed by atoms with van der Waals surface area (Å²) in [5, 5.41) is 23.5. The van der Waals surface area contributed by atoms with Gasteiger partial charge in [0, 0.05) is 6.07 Å². The topological polar surface area (TPSA) is 148 Å². The molecule has 0 amide bonds. The van der Waals surface area contributed by atoms with Gasteiger partial charge in [-0.3, -0.25) is 10.1 Å². The molecule has 0 spiro atoms. The number of nitrogens with one attached hydrogen (secondary N) is 1. The van der Waals surface area contributed by atoms with Crippen molar-refractivity contribution in [3.63, 3.8) is 0 Å². The molecule has 11 heteroatoms. The molecule has 10 nitrogen and oxygen atoms in total. The fourth-order valence-corrected chi connectivity index (χ4v) is 2.46. The van der Waals surface area contributed by atoms with Crippen molar-refractivity contribution in [2.45, 2.75) is 18.4 Å². The molecule has 1 aromatic heterocycles. The predicted molar refractivity (Wildman–Crippen MR) is 67.8 cm³/mol. The number of nitro groups is 1. The van der Waals surface area contributed by atoms with Crippen LogP contribution in [-0.2, 0) is 16.6 Å². The molecule has 0 saturated carbocycles. The van der Waals surface area contributed by atoms with Crippen molar-refractivity contribution in [1.82, 2.24) is 14.9 Å². The van der Waals surface area contributed by atoms with E-state index in [1.165, 1.54) is 0 Å². The Labute approximate surface area is 118 Å². The Bertz CT molecular complexity index is 785. The quantitative estimate of drug-likeness (QED) is 0.597. The number of phenols is 1. The molecule has 1 heterocycles. The number of nitro benzene ring substituents is 1. The number of rotatable bonds is 5. The monoisotopic (exact) mass is 314 g/mol. The van der Waals surface area contributed by atoms with Crippen molar-refractivity contribution >= 4 is 15.7 Å². The number of aromatic nitrogens is 2. The largest absolute Gasteiger partial charge is 0.502 e. The Morgan fingerprint density at radius 2 is 2.19 bits per heavy atom. The molecule has 0 bridgehead atoms. The molecule has 0 radical (unpaired) electrons. The number of sulfonamides is 1. The first-order chi connectivity index (χ1) is 9.79. The Balaban J connectivity index is 2.23. The molecular formula is C10H10N4O6S. The first-order valence-electron chi connectivity index (χ1n) is 5.56. The summed E-state index contributed by atoms with van der Waals surface area (Å²) in [6.45, 7) is 1.32. The molecule has 2 aromatic rings. The van der Waals surface area contributed by atoms with Gasteiger partial charge in [-0.1, -0.05) is 5.16 Å². The van der Waals surface area contributed by atoms with Gasteiger partial charge in [0.2, 0.25) is 15.9 Å². The molecule has 21 heavy (non-hydrogen) atoms. The molecule has 112 valence electrons. The molecule has 0 aliphatic rings. The summed E-state index contributed by atoms with van der Waals surface area (Å²) in [5.41, 5.74) is -0.702. The van der Waals surface area contributed by atoms with Crippen LogP contribution in [0.15, 0.2) is 27.6 Å². The van der Waals surface area contributed by atoms with Gasteiger partial charge in [0.05, 0.1) is 16.4 Å². The van der Waals surface area contributed by atoms with Gasteiger partial charge < -0.3 is 9.63 Å². The van der Waals surface area contributed by atoms with E-state index in [0.29, 0.717) is 5.82 Å². The van der Waals surface area contributed by atoms with Gasteiger partial charge in [0.25, 0.3) is 0 Å². The number of aromatic hydroxyl groups is 1. The van der Waals surface area contributed by atoms with Crippen LogP contribution in [0.25, 0.3) is 0 Å². The van der Waals surface area contributed by atoms with Crippen LogP contribution in [-0.4, -0.2) is 28.6 Å². The van der Waals surface area contributed by atoms with Crippen LogP contribution in [0, 0.1) is 17.0 Å². The summed E-state index contributed by atoms with van der Waals surface area (Å²) in [5.74, 6) is -0.208. The third-order valence-corrected chi connectivity index (χ3v) is 3.84. The van der Waals surface area contributed by atoms with Crippen LogP contribution >= 0.6 is 0 Å². The summed E-state index contributed by atoms with van der Waals surface area (Å²) in [6.07, 6.45) is 0. The second-order valence-electron chi connectivity index (χ2n) is 3.97. The molecule has 0 aliphatic carbocycles. The predicted octanol–water partition coefficient (Wildman–Crippen LogP) is 0.470. The number of hydrogen-bond donors (Lipinski definition) is 2. The number of hydrogen-bond acceptors (Lipinski definition) is 8. The zero-order valence-electron chi connectivity index (χ0n) is 10.7. The second kappa shape index (κ2) is 5.46. The first kappa shape index (κ1) is 14.9. The molecule has 0 fully saturated rings. The second-order valence-corrected chi connectivity index (χ2v) is 5.73. The van der Waals surface area contributed by atoms with E-state index in [4.69, 9.17) is 4.52 Å². The van der Waals surface area contributed by atoms with Crippen molar-refractivity contribution in [1.29, 1.82) is 0 Å². The van der Waals surface area contributed by atoms with Crippen molar-refractivity contribution in [2.24, 2.45) is 0 Å². The average molecular weight is 314 g/mol. The van der Waals surface area contributed by atoms with E-state index in [1.807, 2.05) is 0 Å². The molecule has 0 atom stereocenters. The minimum Gasteiger partial charge on any atom is -0.502 e. The maximum absolute atomic E-state index is 12.0. The lowest BCUT2D eigenvalue weighted by molar-refractivity contribution is -0.386. The minimum absolute atomic E-state index is 0.0596. The highest BCUT2D eigenvalue weighted by Gasteiger charge is 2.21. The normalized spacial score (nSPS) is 11.5. The summed E-state index contributed by atoms with van der Waals surface area (Å²) in [7, 11) is -4.02. The highest BCUT2D eigenvalue weighted by molar-refractivity contribution is 7.89. The molecule has 0 saturated heterocycles. The van der Waals surface area contributed by atoms with E-state index in [0.717, 1.165) is 18.2 Å². The number of nitrogens with zero attached hydrogens (tertiary/aromatic N) is 3. The van der Waals surface area contributed by atoms with Crippen LogP contribution in [0.2, 0.25) is 0 Å². The highest BCUT2D eigenvalue weighted by Crippen LogP contribution is 2.28. The number of phenolic OH excluding ortho intramolecular Hbond substituents is 1. The van der Waals surface area contributed by atoms with Gasteiger partial charge in [-0.25, -0.2) is 13.1 Å². The van der Waals surface area contributed by atoms with Crippen molar-refractivity contribution in [2.75, 3.05) is 0 Å². The number of benzene rings is 1. The van der Waals surface area contributed by atoms with E-state index in [-0.39, 0.29) is 17.3 Å². The van der Waals surface area contributed by atoms with Crippen molar-refractivity contribution in [3.05, 3.63) is 40.0 Å². The Kier molecular flexibility index (Phi) is 3.86. The fourth-order valence-electron chi connectivity index (χ4n) is 1.47. The zero-order valence-corrected chi connectivity index (χ0v) is 11.5. The lowest BCUT2D eigenvalue weighted by Crippen LogP contribution is -2.23. The van der Waals surface area contributed by atoms with E-state index in [1.54, 1.807) is 6.92 Å². The van der Waals surface area contributed by atoms with Gasteiger partial charge in [0.15, 0.2) is 11.6 Å². The zero-order chi connectivity index (χ0) is 15.6. The van der Waals surface area contributed by atoms with E-state index < -0.39 is 26.4 Å². The van der Waals surface area contributed by atoms with Gasteiger partial charge in [-0.15, -0.1) is 0 Å². The molecule has 1 aromatic carbocycles. The highest BCUT2D eigenvalue weighted by atomic mass is 32.2. The van der Waals surface area contributed by atoms with Crippen molar-refractivity contribution in [3.8, 4) is 5.75 Å². The Morgan fingerprint density at radius 3 is 2.76 bits per heavy atom. The van der Waals surface area contributed by atoms with Gasteiger partial charge in [-0.2, -0.15) is 4.98 Å². The number of aryl methyl sites for hydroxylation is 1. The Hall–Kier alpha value is -2.53. The Morgan fingerprint density at radius 1 is 1.48 bits per heavy atom. The van der Waals surface area contributed by atoms with E-state index in [9.17, 15) is 23.6 Å². The molecule has 2 rings (SSSR count). The third-order valence-electron chi connectivity index (χ3n) is 2.44. The van der Waals surface area contributed by atoms with Gasteiger partial charge >= 0.3 is 5.69 Å². The lowest BCUT2D eigenvalue weighted by atomic mass is 10.3.